The van der Waals surface area contributed by atoms with E-state index in [2.05, 4.69) is 10.4 Å². The predicted octanol–water partition coefficient (Wildman–Crippen LogP) is 3.22. The summed E-state index contributed by atoms with van der Waals surface area (Å²) < 4.78 is 19.1. The molecule has 1 atom stereocenters. The summed E-state index contributed by atoms with van der Waals surface area (Å²) in [4.78, 5) is 4.13. The number of nitrogens with two attached hydrogens (primary N) is 1. The molecule has 0 aliphatic heterocycles. The second-order valence-electron chi connectivity index (χ2n) is 4.55. The van der Waals surface area contributed by atoms with Crippen molar-refractivity contribution >= 4 is 11.6 Å². The van der Waals surface area contributed by atoms with Gasteiger partial charge in [-0.1, -0.05) is 30.7 Å². The van der Waals surface area contributed by atoms with Crippen molar-refractivity contribution < 1.29 is 9.13 Å². The third kappa shape index (κ3) is 3.69. The van der Waals surface area contributed by atoms with Crippen LogP contribution in [-0.2, 0) is 0 Å². The SMILES string of the molecule is CCCOc1cncc(C(NN)c2cccc(F)c2Cl)c1. The van der Waals surface area contributed by atoms with E-state index in [1.54, 1.807) is 24.5 Å². The van der Waals surface area contributed by atoms with Gasteiger partial charge in [-0.3, -0.25) is 10.8 Å². The third-order valence-electron chi connectivity index (χ3n) is 3.00. The molecule has 0 spiro atoms. The van der Waals surface area contributed by atoms with Crippen LogP contribution in [0.15, 0.2) is 36.7 Å². The van der Waals surface area contributed by atoms with Crippen LogP contribution in [0.25, 0.3) is 0 Å². The largest absolute Gasteiger partial charge is 0.492 e. The van der Waals surface area contributed by atoms with E-state index in [9.17, 15) is 4.39 Å². The highest BCUT2D eigenvalue weighted by Gasteiger charge is 2.18. The van der Waals surface area contributed by atoms with Gasteiger partial charge in [0.15, 0.2) is 0 Å². The first kappa shape index (κ1) is 15.7. The topological polar surface area (TPSA) is 60.2 Å². The van der Waals surface area contributed by atoms with Crippen molar-refractivity contribution in [3.63, 3.8) is 0 Å². The molecule has 4 nitrogen and oxygen atoms in total. The van der Waals surface area contributed by atoms with Crippen molar-refractivity contribution in [2.75, 3.05) is 6.61 Å². The van der Waals surface area contributed by atoms with E-state index in [-0.39, 0.29) is 5.02 Å². The Balaban J connectivity index is 2.35. The van der Waals surface area contributed by atoms with Gasteiger partial charge in [0.25, 0.3) is 0 Å². The standard InChI is InChI=1S/C15H17ClFN3O/c1-2-6-21-11-7-10(8-19-9-11)15(20-18)12-4-3-5-13(17)14(12)16/h3-5,7-9,15,20H,2,6,18H2,1H3. The van der Waals surface area contributed by atoms with Crippen molar-refractivity contribution in [2.24, 2.45) is 5.84 Å². The van der Waals surface area contributed by atoms with Gasteiger partial charge >= 0.3 is 0 Å². The second kappa shape index (κ2) is 7.36. The van der Waals surface area contributed by atoms with Crippen LogP contribution in [0.4, 0.5) is 4.39 Å². The Hall–Kier alpha value is -1.69. The van der Waals surface area contributed by atoms with E-state index in [1.165, 1.54) is 6.07 Å². The lowest BCUT2D eigenvalue weighted by Crippen LogP contribution is -2.29. The lowest BCUT2D eigenvalue weighted by molar-refractivity contribution is 0.315. The number of halogens is 2. The normalized spacial score (nSPS) is 12.2. The number of pyridine rings is 1. The molecule has 1 aromatic carbocycles. The number of hydrogen-bond acceptors (Lipinski definition) is 4. The molecule has 2 rings (SSSR count). The summed E-state index contributed by atoms with van der Waals surface area (Å²) in [5.74, 6) is 5.76. The lowest BCUT2D eigenvalue weighted by Gasteiger charge is -2.18. The van der Waals surface area contributed by atoms with Gasteiger partial charge in [0.05, 0.1) is 23.9 Å². The molecule has 0 aliphatic carbocycles. The first-order valence-electron chi connectivity index (χ1n) is 6.65. The molecular formula is C15H17ClFN3O. The summed E-state index contributed by atoms with van der Waals surface area (Å²) in [6.07, 6.45) is 4.17. The molecule has 0 fully saturated rings. The molecule has 21 heavy (non-hydrogen) atoms. The second-order valence-corrected chi connectivity index (χ2v) is 4.92. The van der Waals surface area contributed by atoms with Gasteiger partial charge in [-0.05, 0) is 29.7 Å². The minimum atomic E-state index is -0.485. The van der Waals surface area contributed by atoms with E-state index < -0.39 is 11.9 Å². The van der Waals surface area contributed by atoms with Gasteiger partial charge in [0, 0.05) is 6.20 Å². The maximum atomic E-state index is 13.6. The number of hydrazine groups is 1. The molecule has 0 radical (unpaired) electrons. The minimum absolute atomic E-state index is 0.0420. The molecule has 112 valence electrons. The van der Waals surface area contributed by atoms with Gasteiger partial charge in [0.2, 0.25) is 0 Å². The van der Waals surface area contributed by atoms with Crippen LogP contribution in [0.5, 0.6) is 5.75 Å². The fourth-order valence-electron chi connectivity index (χ4n) is 2.00. The van der Waals surface area contributed by atoms with Crippen LogP contribution in [-0.4, -0.2) is 11.6 Å². The predicted molar refractivity (Wildman–Crippen MR) is 80.6 cm³/mol. The highest BCUT2D eigenvalue weighted by atomic mass is 35.5. The Morgan fingerprint density at radius 2 is 2.24 bits per heavy atom. The molecule has 6 heteroatoms. The number of hydrogen-bond donors (Lipinski definition) is 2. The number of benzene rings is 1. The summed E-state index contributed by atoms with van der Waals surface area (Å²) >= 11 is 6.02. The first-order valence-corrected chi connectivity index (χ1v) is 7.03. The van der Waals surface area contributed by atoms with Gasteiger partial charge in [-0.15, -0.1) is 0 Å². The van der Waals surface area contributed by atoms with Gasteiger partial charge < -0.3 is 4.74 Å². The van der Waals surface area contributed by atoms with E-state index in [1.807, 2.05) is 13.0 Å². The number of aromatic nitrogens is 1. The molecule has 3 N–H and O–H groups in total. The number of nitrogens with one attached hydrogen (secondary N) is 1. The van der Waals surface area contributed by atoms with Gasteiger partial charge in [-0.2, -0.15) is 0 Å². The lowest BCUT2D eigenvalue weighted by atomic mass is 10.0. The van der Waals surface area contributed by atoms with Crippen molar-refractivity contribution in [1.29, 1.82) is 0 Å². The van der Waals surface area contributed by atoms with Crippen LogP contribution < -0.4 is 16.0 Å². The zero-order chi connectivity index (χ0) is 15.2. The Morgan fingerprint density at radius 3 is 2.95 bits per heavy atom. The van der Waals surface area contributed by atoms with Crippen LogP contribution in [0.1, 0.15) is 30.5 Å². The summed E-state index contributed by atoms with van der Waals surface area (Å²) in [6, 6.07) is 5.96. The molecule has 0 saturated carbocycles. The summed E-state index contributed by atoms with van der Waals surface area (Å²) in [5, 5.41) is 0.0420. The molecule has 2 aromatic rings. The van der Waals surface area contributed by atoms with E-state index >= 15 is 0 Å². The van der Waals surface area contributed by atoms with Crippen molar-refractivity contribution in [3.8, 4) is 5.75 Å². The summed E-state index contributed by atoms with van der Waals surface area (Å²) in [6.45, 7) is 2.63. The Morgan fingerprint density at radius 1 is 1.43 bits per heavy atom. The average Bonchev–Trinajstić information content (AvgIpc) is 2.50. The Bertz CT molecular complexity index is 609. The highest BCUT2D eigenvalue weighted by molar-refractivity contribution is 6.31. The fraction of sp³-hybridized carbons (Fsp3) is 0.267. The molecular weight excluding hydrogens is 293 g/mol. The van der Waals surface area contributed by atoms with Crippen molar-refractivity contribution in [1.82, 2.24) is 10.4 Å². The Labute approximate surface area is 128 Å². The summed E-state index contributed by atoms with van der Waals surface area (Å²) in [5.41, 5.74) is 3.94. The maximum absolute atomic E-state index is 13.6. The highest BCUT2D eigenvalue weighted by Crippen LogP contribution is 2.30. The third-order valence-corrected chi connectivity index (χ3v) is 3.40. The van der Waals surface area contributed by atoms with E-state index in [0.29, 0.717) is 17.9 Å². The van der Waals surface area contributed by atoms with Crippen LogP contribution in [0, 0.1) is 5.82 Å². The van der Waals surface area contributed by atoms with Crippen LogP contribution in [0.3, 0.4) is 0 Å². The van der Waals surface area contributed by atoms with E-state index in [0.717, 1.165) is 12.0 Å². The first-order chi connectivity index (χ1) is 10.2. The van der Waals surface area contributed by atoms with Gasteiger partial charge in [0.1, 0.15) is 11.6 Å². The smallest absolute Gasteiger partial charge is 0.142 e. The number of ether oxygens (including phenoxy) is 1. The molecule has 0 amide bonds. The van der Waals surface area contributed by atoms with E-state index in [4.69, 9.17) is 22.2 Å². The molecule has 1 heterocycles. The number of rotatable bonds is 6. The van der Waals surface area contributed by atoms with Crippen molar-refractivity contribution in [3.05, 3.63) is 58.6 Å². The monoisotopic (exact) mass is 309 g/mol. The fourth-order valence-corrected chi connectivity index (χ4v) is 2.24. The Kier molecular flexibility index (Phi) is 5.50. The quantitative estimate of drug-likeness (QED) is 0.635. The van der Waals surface area contributed by atoms with Crippen LogP contribution >= 0.6 is 11.6 Å². The zero-order valence-electron chi connectivity index (χ0n) is 11.6. The minimum Gasteiger partial charge on any atom is -0.492 e. The summed E-state index contributed by atoms with van der Waals surface area (Å²) in [7, 11) is 0. The number of nitrogens with zero attached hydrogens (tertiary/aromatic N) is 1. The molecule has 1 unspecified atom stereocenters. The molecule has 0 bridgehead atoms. The molecule has 1 aromatic heterocycles. The van der Waals surface area contributed by atoms with Crippen molar-refractivity contribution in [2.45, 2.75) is 19.4 Å². The van der Waals surface area contributed by atoms with Gasteiger partial charge in [-0.25, -0.2) is 9.82 Å². The maximum Gasteiger partial charge on any atom is 0.142 e. The van der Waals surface area contributed by atoms with Crippen LogP contribution in [0.2, 0.25) is 5.02 Å². The zero-order valence-corrected chi connectivity index (χ0v) is 12.4. The average molecular weight is 310 g/mol. The molecule has 0 aliphatic rings. The molecule has 0 saturated heterocycles.